The molecule has 0 aliphatic carbocycles. The summed E-state index contributed by atoms with van der Waals surface area (Å²) in [7, 11) is -3.48. The first-order chi connectivity index (χ1) is 7.84. The molecule has 1 aromatic heterocycles. The number of aromatic nitrogens is 3. The van der Waals surface area contributed by atoms with Gasteiger partial charge in [-0.2, -0.15) is 5.10 Å². The molecule has 0 aliphatic heterocycles. The fraction of sp³-hybridized carbons (Fsp3) is 0.667. The quantitative estimate of drug-likeness (QED) is 0.816. The van der Waals surface area contributed by atoms with Crippen LogP contribution >= 0.6 is 11.6 Å². The van der Waals surface area contributed by atoms with E-state index in [0.29, 0.717) is 11.4 Å². The Morgan fingerprint density at radius 2 is 1.94 bits per heavy atom. The topological polar surface area (TPSA) is 84.8 Å². The number of aryl methyl sites for hydroxylation is 2. The van der Waals surface area contributed by atoms with Crippen molar-refractivity contribution in [2.24, 2.45) is 5.92 Å². The van der Waals surface area contributed by atoms with Crippen molar-refractivity contribution < 1.29 is 8.42 Å². The Morgan fingerprint density at radius 1 is 1.29 bits per heavy atom. The first kappa shape index (κ1) is 14.1. The molecule has 0 radical (unpaired) electrons. The number of hydrogen-bond acceptors (Lipinski definition) is 5. The Kier molecular flexibility index (Phi) is 4.64. The molecule has 0 amide bonds. The molecule has 0 saturated heterocycles. The number of rotatable bonds is 5. The van der Waals surface area contributed by atoms with Crippen molar-refractivity contribution in [3.63, 3.8) is 0 Å². The summed E-state index contributed by atoms with van der Waals surface area (Å²) in [5.74, 6) is 0.0863. The molecule has 1 heterocycles. The van der Waals surface area contributed by atoms with Crippen LogP contribution in [0.4, 0.5) is 5.95 Å². The Bertz CT molecular complexity index is 492. The van der Waals surface area contributed by atoms with Crippen LogP contribution in [0.5, 0.6) is 0 Å². The van der Waals surface area contributed by atoms with Crippen LogP contribution in [0.1, 0.15) is 18.3 Å². The van der Waals surface area contributed by atoms with Crippen LogP contribution in [0.25, 0.3) is 0 Å². The number of nitrogens with one attached hydrogen (secondary N) is 1. The van der Waals surface area contributed by atoms with Crippen LogP contribution in [0, 0.1) is 19.8 Å². The molecule has 17 heavy (non-hydrogen) atoms. The molecule has 96 valence electrons. The van der Waals surface area contributed by atoms with E-state index in [1.165, 1.54) is 0 Å². The van der Waals surface area contributed by atoms with Crippen LogP contribution in [-0.2, 0) is 10.0 Å². The van der Waals surface area contributed by atoms with E-state index in [2.05, 4.69) is 19.9 Å². The lowest BCUT2D eigenvalue weighted by Gasteiger charge is -2.10. The molecular formula is C9H15ClN4O2S. The monoisotopic (exact) mass is 278 g/mol. The van der Waals surface area contributed by atoms with E-state index in [-0.39, 0.29) is 23.5 Å². The standard InChI is InChI=1S/C9H15ClN4O2S/c1-6(4-10)5-17(15,16)14-9-11-7(2)8(3)12-13-9/h6H,4-5H2,1-3H3,(H,11,13,14). The third-order valence-corrected chi connectivity index (χ3v) is 4.13. The van der Waals surface area contributed by atoms with Gasteiger partial charge in [-0.25, -0.2) is 18.1 Å². The van der Waals surface area contributed by atoms with Gasteiger partial charge in [0.05, 0.1) is 17.1 Å². The average Bonchev–Trinajstić information content (AvgIpc) is 2.22. The molecule has 6 nitrogen and oxygen atoms in total. The highest BCUT2D eigenvalue weighted by atomic mass is 35.5. The van der Waals surface area contributed by atoms with Gasteiger partial charge in [0.25, 0.3) is 5.95 Å². The Labute approximate surface area is 106 Å². The largest absolute Gasteiger partial charge is 0.256 e. The molecule has 0 aliphatic rings. The van der Waals surface area contributed by atoms with Crippen LogP contribution in [-0.4, -0.2) is 35.2 Å². The van der Waals surface area contributed by atoms with Crippen molar-refractivity contribution >= 4 is 27.6 Å². The lowest BCUT2D eigenvalue weighted by molar-refractivity contribution is 0.587. The average molecular weight is 279 g/mol. The number of alkyl halides is 1. The highest BCUT2D eigenvalue weighted by Crippen LogP contribution is 2.08. The zero-order valence-electron chi connectivity index (χ0n) is 9.94. The van der Waals surface area contributed by atoms with Gasteiger partial charge in [-0.3, -0.25) is 0 Å². The van der Waals surface area contributed by atoms with Crippen molar-refractivity contribution in [3.05, 3.63) is 11.4 Å². The summed E-state index contributed by atoms with van der Waals surface area (Å²) in [5.41, 5.74) is 1.31. The minimum Gasteiger partial charge on any atom is -0.250 e. The van der Waals surface area contributed by atoms with Gasteiger partial charge in [0.15, 0.2) is 0 Å². The van der Waals surface area contributed by atoms with E-state index in [4.69, 9.17) is 11.6 Å². The van der Waals surface area contributed by atoms with Gasteiger partial charge in [-0.15, -0.1) is 16.7 Å². The van der Waals surface area contributed by atoms with Crippen LogP contribution in [0.3, 0.4) is 0 Å². The van der Waals surface area contributed by atoms with E-state index in [0.717, 1.165) is 0 Å². The van der Waals surface area contributed by atoms with Crippen molar-refractivity contribution in [2.45, 2.75) is 20.8 Å². The summed E-state index contributed by atoms with van der Waals surface area (Å²) in [4.78, 5) is 3.99. The van der Waals surface area contributed by atoms with E-state index in [1.54, 1.807) is 20.8 Å². The second-order valence-corrected chi connectivity index (χ2v) is 6.02. The highest BCUT2D eigenvalue weighted by molar-refractivity contribution is 7.92. The van der Waals surface area contributed by atoms with E-state index in [9.17, 15) is 8.42 Å². The lowest BCUT2D eigenvalue weighted by Crippen LogP contribution is -2.23. The third-order valence-electron chi connectivity index (χ3n) is 2.11. The molecular weight excluding hydrogens is 264 g/mol. The van der Waals surface area contributed by atoms with Crippen LogP contribution in [0.2, 0.25) is 0 Å². The smallest absolute Gasteiger partial charge is 0.250 e. The summed E-state index contributed by atoms with van der Waals surface area (Å²) in [6, 6.07) is 0. The van der Waals surface area contributed by atoms with Gasteiger partial charge in [0, 0.05) is 5.88 Å². The molecule has 0 saturated carbocycles. The third kappa shape index (κ3) is 4.43. The lowest BCUT2D eigenvalue weighted by atomic mass is 10.3. The summed E-state index contributed by atoms with van der Waals surface area (Å²) in [6.45, 7) is 5.25. The molecule has 1 atom stereocenters. The van der Waals surface area contributed by atoms with Crippen molar-refractivity contribution in [2.75, 3.05) is 16.4 Å². The van der Waals surface area contributed by atoms with Crippen molar-refractivity contribution in [1.29, 1.82) is 0 Å². The molecule has 0 bridgehead atoms. The summed E-state index contributed by atoms with van der Waals surface area (Å²) >= 11 is 5.57. The highest BCUT2D eigenvalue weighted by Gasteiger charge is 2.16. The Balaban J connectivity index is 2.80. The maximum atomic E-state index is 11.7. The minimum absolute atomic E-state index is 0.00475. The van der Waals surface area contributed by atoms with Crippen molar-refractivity contribution in [1.82, 2.24) is 15.2 Å². The number of nitrogens with zero attached hydrogens (tertiary/aromatic N) is 3. The first-order valence-electron chi connectivity index (χ1n) is 5.08. The van der Waals surface area contributed by atoms with Gasteiger partial charge < -0.3 is 0 Å². The number of anilines is 1. The predicted octanol–water partition coefficient (Wildman–Crippen LogP) is 1.11. The summed E-state index contributed by atoms with van der Waals surface area (Å²) < 4.78 is 25.7. The normalized spacial score (nSPS) is 13.4. The van der Waals surface area contributed by atoms with E-state index >= 15 is 0 Å². The number of halogens is 1. The molecule has 8 heteroatoms. The maximum Gasteiger partial charge on any atom is 0.256 e. The van der Waals surface area contributed by atoms with Crippen molar-refractivity contribution in [3.8, 4) is 0 Å². The number of hydrogen-bond donors (Lipinski definition) is 1. The molecule has 1 unspecified atom stereocenters. The first-order valence-corrected chi connectivity index (χ1v) is 7.27. The maximum absolute atomic E-state index is 11.7. The van der Waals surface area contributed by atoms with Gasteiger partial charge in [-0.05, 0) is 19.8 Å². The predicted molar refractivity (Wildman–Crippen MR) is 66.6 cm³/mol. The van der Waals surface area contributed by atoms with Gasteiger partial charge in [0.2, 0.25) is 10.0 Å². The SMILES string of the molecule is Cc1nnc(NS(=O)(=O)CC(C)CCl)nc1C. The zero-order valence-corrected chi connectivity index (χ0v) is 11.5. The Hall–Kier alpha value is -0.950. The molecule has 0 spiro atoms. The molecule has 0 aromatic carbocycles. The molecule has 1 rings (SSSR count). The van der Waals surface area contributed by atoms with E-state index in [1.807, 2.05) is 0 Å². The Morgan fingerprint density at radius 3 is 2.47 bits per heavy atom. The summed E-state index contributed by atoms with van der Waals surface area (Å²) in [5, 5.41) is 7.47. The van der Waals surface area contributed by atoms with Crippen LogP contribution in [0.15, 0.2) is 0 Å². The van der Waals surface area contributed by atoms with Gasteiger partial charge >= 0.3 is 0 Å². The zero-order chi connectivity index (χ0) is 13.1. The van der Waals surface area contributed by atoms with E-state index < -0.39 is 10.0 Å². The fourth-order valence-electron chi connectivity index (χ4n) is 1.10. The second-order valence-electron chi connectivity index (χ2n) is 3.95. The molecule has 1 aromatic rings. The van der Waals surface area contributed by atoms with Gasteiger partial charge in [0.1, 0.15) is 0 Å². The molecule has 0 fully saturated rings. The van der Waals surface area contributed by atoms with Crippen LogP contribution < -0.4 is 4.72 Å². The van der Waals surface area contributed by atoms with Gasteiger partial charge in [-0.1, -0.05) is 6.92 Å². The molecule has 1 N–H and O–H groups in total. The fourth-order valence-corrected chi connectivity index (χ4v) is 2.65. The summed E-state index contributed by atoms with van der Waals surface area (Å²) in [6.07, 6.45) is 0. The minimum atomic E-state index is -3.48. The second kappa shape index (κ2) is 5.59. The number of sulfonamides is 1.